The van der Waals surface area contributed by atoms with Gasteiger partial charge in [0.25, 0.3) is 0 Å². The Labute approximate surface area is 90.5 Å². The van der Waals surface area contributed by atoms with Gasteiger partial charge in [-0.25, -0.2) is 0 Å². The van der Waals surface area contributed by atoms with E-state index >= 15 is 0 Å². The Morgan fingerprint density at radius 3 is 2.93 bits per heavy atom. The molecule has 0 aliphatic carbocycles. The molecule has 0 atom stereocenters. The van der Waals surface area contributed by atoms with Gasteiger partial charge in [-0.2, -0.15) is 17.9 Å². The van der Waals surface area contributed by atoms with E-state index in [-0.39, 0.29) is 0 Å². The molecule has 0 saturated heterocycles. The van der Waals surface area contributed by atoms with E-state index < -0.39 is 0 Å². The summed E-state index contributed by atoms with van der Waals surface area (Å²) in [4.78, 5) is 0. The third-order valence-corrected chi connectivity index (χ3v) is 2.35. The van der Waals surface area contributed by atoms with Gasteiger partial charge in [-0.3, -0.25) is 0 Å². The molecule has 14 heavy (non-hydrogen) atoms. The number of hydrogen-bond donors (Lipinski definition) is 1. The maximum Gasteiger partial charge on any atom is 0.0994 e. The number of nitriles is 1. The lowest BCUT2D eigenvalue weighted by Gasteiger charge is -2.01. The fourth-order valence-corrected chi connectivity index (χ4v) is 1.39. The van der Waals surface area contributed by atoms with Crippen LogP contribution in [0.2, 0.25) is 0 Å². The van der Waals surface area contributed by atoms with Crippen molar-refractivity contribution in [3.63, 3.8) is 0 Å². The zero-order valence-corrected chi connectivity index (χ0v) is 9.09. The van der Waals surface area contributed by atoms with Crippen LogP contribution in [0.3, 0.4) is 0 Å². The maximum absolute atomic E-state index is 8.83. The molecule has 0 radical (unpaired) electrons. The second kappa shape index (κ2) is 5.51. The second-order valence-electron chi connectivity index (χ2n) is 3.05. The quantitative estimate of drug-likeness (QED) is 0.749. The predicted molar refractivity (Wildman–Crippen MR) is 63.4 cm³/mol. The Hall–Kier alpha value is -1.20. The Morgan fingerprint density at radius 1 is 1.50 bits per heavy atom. The van der Waals surface area contributed by atoms with Crippen molar-refractivity contribution >= 4 is 18.7 Å². The predicted octanol–water partition coefficient (Wildman–Crippen LogP) is 3.20. The van der Waals surface area contributed by atoms with E-state index in [1.54, 1.807) is 0 Å². The largest absolute Gasteiger partial charge is 0.192 e. The Kier molecular flexibility index (Phi) is 4.28. The highest BCUT2D eigenvalue weighted by Crippen LogP contribution is 2.14. The van der Waals surface area contributed by atoms with Gasteiger partial charge in [0.2, 0.25) is 0 Å². The fraction of sp³-hybridized carbons (Fsp3) is 0.250. The average Bonchev–Trinajstić information content (AvgIpc) is 2.21. The van der Waals surface area contributed by atoms with Crippen LogP contribution in [-0.4, -0.2) is 5.75 Å². The number of thiol groups is 1. The molecule has 0 amide bonds. The standard InChI is InChI=1S/C12H13NS/c1-10-11(5-2-3-8-14)6-4-7-12(10)9-13/h2,4-7,14H,3,8H2,1H3. The Balaban J connectivity index is 2.94. The topological polar surface area (TPSA) is 23.8 Å². The van der Waals surface area contributed by atoms with Gasteiger partial charge in [0.05, 0.1) is 11.6 Å². The molecule has 0 bridgehead atoms. The normalized spacial score (nSPS) is 10.4. The van der Waals surface area contributed by atoms with Crippen molar-refractivity contribution in [3.05, 3.63) is 41.0 Å². The molecule has 1 aromatic rings. The van der Waals surface area contributed by atoms with Crippen LogP contribution in [0, 0.1) is 18.3 Å². The maximum atomic E-state index is 8.83. The molecule has 0 unspecified atom stereocenters. The number of rotatable bonds is 3. The van der Waals surface area contributed by atoms with Crippen LogP contribution < -0.4 is 0 Å². The summed E-state index contributed by atoms with van der Waals surface area (Å²) in [7, 11) is 0. The van der Waals surface area contributed by atoms with E-state index in [9.17, 15) is 0 Å². The highest BCUT2D eigenvalue weighted by molar-refractivity contribution is 7.80. The number of benzene rings is 1. The summed E-state index contributed by atoms with van der Waals surface area (Å²) in [5, 5.41) is 8.83. The second-order valence-corrected chi connectivity index (χ2v) is 3.49. The molecule has 0 heterocycles. The summed E-state index contributed by atoms with van der Waals surface area (Å²) < 4.78 is 0. The molecule has 1 rings (SSSR count). The van der Waals surface area contributed by atoms with E-state index in [1.807, 2.05) is 31.2 Å². The molecule has 72 valence electrons. The lowest BCUT2D eigenvalue weighted by molar-refractivity contribution is 1.26. The van der Waals surface area contributed by atoms with E-state index in [1.165, 1.54) is 0 Å². The van der Waals surface area contributed by atoms with Crippen LogP contribution in [0.5, 0.6) is 0 Å². The SMILES string of the molecule is Cc1c(C#N)cccc1C=CCCS. The molecule has 0 aliphatic rings. The van der Waals surface area contributed by atoms with Crippen LogP contribution in [-0.2, 0) is 0 Å². The average molecular weight is 203 g/mol. The van der Waals surface area contributed by atoms with Crippen molar-refractivity contribution in [2.75, 3.05) is 5.75 Å². The number of hydrogen-bond acceptors (Lipinski definition) is 2. The van der Waals surface area contributed by atoms with Gasteiger partial charge in [0.1, 0.15) is 0 Å². The van der Waals surface area contributed by atoms with Gasteiger partial charge in [-0.15, -0.1) is 0 Å². The van der Waals surface area contributed by atoms with E-state index in [2.05, 4.69) is 24.8 Å². The van der Waals surface area contributed by atoms with E-state index in [4.69, 9.17) is 5.26 Å². The third kappa shape index (κ3) is 2.65. The molecular formula is C12H13NS. The molecule has 1 nitrogen and oxygen atoms in total. The first-order valence-electron chi connectivity index (χ1n) is 4.56. The minimum Gasteiger partial charge on any atom is -0.192 e. The number of nitrogens with zero attached hydrogens (tertiary/aromatic N) is 1. The lowest BCUT2D eigenvalue weighted by Crippen LogP contribution is -1.85. The van der Waals surface area contributed by atoms with Crippen molar-refractivity contribution in [2.45, 2.75) is 13.3 Å². The molecule has 0 spiro atoms. The molecule has 0 saturated carbocycles. The van der Waals surface area contributed by atoms with Gasteiger partial charge < -0.3 is 0 Å². The molecule has 0 aromatic heterocycles. The summed E-state index contributed by atoms with van der Waals surface area (Å²) >= 11 is 4.13. The number of allylic oxidation sites excluding steroid dienone is 1. The first kappa shape index (κ1) is 10.9. The molecule has 0 N–H and O–H groups in total. The van der Waals surface area contributed by atoms with Gasteiger partial charge in [-0.05, 0) is 36.3 Å². The van der Waals surface area contributed by atoms with Crippen LogP contribution in [0.1, 0.15) is 23.1 Å². The zero-order valence-electron chi connectivity index (χ0n) is 8.20. The van der Waals surface area contributed by atoms with Crippen LogP contribution in [0.25, 0.3) is 6.08 Å². The van der Waals surface area contributed by atoms with Crippen molar-refractivity contribution in [2.24, 2.45) is 0 Å². The molecule has 0 aliphatic heterocycles. The Bertz CT molecular complexity index is 374. The fourth-order valence-electron chi connectivity index (χ4n) is 1.24. The van der Waals surface area contributed by atoms with Crippen molar-refractivity contribution in [3.8, 4) is 6.07 Å². The van der Waals surface area contributed by atoms with Crippen LogP contribution in [0.4, 0.5) is 0 Å². The van der Waals surface area contributed by atoms with E-state index in [0.29, 0.717) is 0 Å². The highest BCUT2D eigenvalue weighted by atomic mass is 32.1. The van der Waals surface area contributed by atoms with Gasteiger partial charge in [0, 0.05) is 0 Å². The highest BCUT2D eigenvalue weighted by Gasteiger charge is 1.99. The molecule has 1 aromatic carbocycles. The summed E-state index contributed by atoms with van der Waals surface area (Å²) in [5.74, 6) is 0.855. The minimum absolute atomic E-state index is 0.748. The molecular weight excluding hydrogens is 190 g/mol. The summed E-state index contributed by atoms with van der Waals surface area (Å²) in [6.45, 7) is 1.97. The monoisotopic (exact) mass is 203 g/mol. The van der Waals surface area contributed by atoms with Crippen molar-refractivity contribution in [1.29, 1.82) is 5.26 Å². The molecule has 0 fully saturated rings. The van der Waals surface area contributed by atoms with Crippen molar-refractivity contribution < 1.29 is 0 Å². The van der Waals surface area contributed by atoms with Crippen LogP contribution in [0.15, 0.2) is 24.3 Å². The first-order valence-corrected chi connectivity index (χ1v) is 5.20. The summed E-state index contributed by atoms with van der Waals surface area (Å²) in [6, 6.07) is 7.94. The summed E-state index contributed by atoms with van der Waals surface area (Å²) in [6.07, 6.45) is 5.09. The van der Waals surface area contributed by atoms with Gasteiger partial charge in [0.15, 0.2) is 0 Å². The van der Waals surface area contributed by atoms with Gasteiger partial charge >= 0.3 is 0 Å². The first-order chi connectivity index (χ1) is 6.79. The van der Waals surface area contributed by atoms with E-state index in [0.717, 1.165) is 28.9 Å². The Morgan fingerprint density at radius 2 is 2.29 bits per heavy atom. The zero-order chi connectivity index (χ0) is 10.4. The lowest BCUT2D eigenvalue weighted by atomic mass is 10.0. The van der Waals surface area contributed by atoms with Gasteiger partial charge in [-0.1, -0.05) is 24.3 Å². The summed E-state index contributed by atoms with van der Waals surface area (Å²) in [5.41, 5.74) is 2.91. The van der Waals surface area contributed by atoms with Crippen LogP contribution >= 0.6 is 12.6 Å². The third-order valence-electron chi connectivity index (χ3n) is 2.09. The minimum atomic E-state index is 0.748. The van der Waals surface area contributed by atoms with Crippen molar-refractivity contribution in [1.82, 2.24) is 0 Å². The smallest absolute Gasteiger partial charge is 0.0994 e. The molecule has 2 heteroatoms.